The first-order valence-corrected chi connectivity index (χ1v) is 9.87. The van der Waals surface area contributed by atoms with Crippen LogP contribution in [0.3, 0.4) is 0 Å². The van der Waals surface area contributed by atoms with Crippen LogP contribution in [0.1, 0.15) is 44.1 Å². The zero-order chi connectivity index (χ0) is 17.5. The first-order chi connectivity index (χ1) is 12.2. The molecule has 1 aliphatic carbocycles. The van der Waals surface area contributed by atoms with Gasteiger partial charge in [-0.25, -0.2) is 0 Å². The van der Waals surface area contributed by atoms with Gasteiger partial charge in [-0.05, 0) is 42.9 Å². The Morgan fingerprint density at radius 1 is 1.12 bits per heavy atom. The molecule has 1 aromatic rings. The maximum absolute atomic E-state index is 12.5. The number of amides is 1. The quantitative estimate of drug-likeness (QED) is 0.793. The zero-order valence-corrected chi connectivity index (χ0v) is 15.6. The van der Waals surface area contributed by atoms with E-state index in [1.165, 1.54) is 44.2 Å². The van der Waals surface area contributed by atoms with Crippen molar-refractivity contribution in [1.29, 1.82) is 0 Å². The van der Waals surface area contributed by atoms with Gasteiger partial charge in [0.1, 0.15) is 5.75 Å². The molecule has 1 amide bonds. The van der Waals surface area contributed by atoms with E-state index in [1.54, 1.807) is 7.11 Å². The van der Waals surface area contributed by atoms with Gasteiger partial charge in [0.2, 0.25) is 5.91 Å². The van der Waals surface area contributed by atoms with E-state index in [0.717, 1.165) is 44.3 Å². The summed E-state index contributed by atoms with van der Waals surface area (Å²) in [5.41, 5.74) is 1.17. The second kappa shape index (κ2) is 9.23. The molecular formula is C21H32N2O2. The van der Waals surface area contributed by atoms with E-state index in [0.29, 0.717) is 12.3 Å². The van der Waals surface area contributed by atoms with Crippen LogP contribution in [0.25, 0.3) is 0 Å². The Kier molecular flexibility index (Phi) is 6.74. The van der Waals surface area contributed by atoms with Crippen LogP contribution < -0.4 is 4.74 Å². The highest BCUT2D eigenvalue weighted by Gasteiger charge is 2.23. The van der Waals surface area contributed by atoms with Crippen molar-refractivity contribution >= 4 is 5.91 Å². The number of ether oxygens (including phenoxy) is 1. The summed E-state index contributed by atoms with van der Waals surface area (Å²) in [6.07, 6.45) is 8.43. The number of nitrogens with zero attached hydrogens (tertiary/aromatic N) is 2. The summed E-state index contributed by atoms with van der Waals surface area (Å²) in [5.74, 6) is 2.05. The topological polar surface area (TPSA) is 32.8 Å². The lowest BCUT2D eigenvalue weighted by atomic mass is 9.89. The number of aryl methyl sites for hydroxylation is 1. The van der Waals surface area contributed by atoms with Crippen LogP contribution in [0.4, 0.5) is 0 Å². The fourth-order valence-corrected chi connectivity index (χ4v) is 4.15. The Morgan fingerprint density at radius 2 is 1.88 bits per heavy atom. The predicted octanol–water partition coefficient (Wildman–Crippen LogP) is 3.35. The van der Waals surface area contributed by atoms with Gasteiger partial charge in [-0.15, -0.1) is 0 Å². The van der Waals surface area contributed by atoms with Gasteiger partial charge in [0.15, 0.2) is 0 Å². The van der Waals surface area contributed by atoms with E-state index in [2.05, 4.69) is 15.9 Å². The number of piperazine rings is 1. The van der Waals surface area contributed by atoms with Crippen LogP contribution in [0.2, 0.25) is 0 Å². The summed E-state index contributed by atoms with van der Waals surface area (Å²) in [6.45, 7) is 5.11. The minimum atomic E-state index is 0.292. The number of carbonyl (C=O) groups excluding carboxylic acids is 1. The molecule has 0 atom stereocenters. The van der Waals surface area contributed by atoms with Crippen molar-refractivity contribution < 1.29 is 9.53 Å². The third-order valence-corrected chi connectivity index (χ3v) is 5.73. The maximum Gasteiger partial charge on any atom is 0.222 e. The first kappa shape index (κ1) is 18.2. The first-order valence-electron chi connectivity index (χ1n) is 9.87. The molecule has 4 heteroatoms. The summed E-state index contributed by atoms with van der Waals surface area (Å²) < 4.78 is 5.25. The molecule has 3 rings (SSSR count). The lowest BCUT2D eigenvalue weighted by Gasteiger charge is -2.37. The van der Waals surface area contributed by atoms with Crippen LogP contribution in [0.15, 0.2) is 24.3 Å². The van der Waals surface area contributed by atoms with Gasteiger partial charge >= 0.3 is 0 Å². The van der Waals surface area contributed by atoms with E-state index in [9.17, 15) is 4.79 Å². The molecule has 1 heterocycles. The molecule has 1 aliphatic heterocycles. The highest BCUT2D eigenvalue weighted by atomic mass is 16.5. The lowest BCUT2D eigenvalue weighted by Crippen LogP contribution is -2.49. The van der Waals surface area contributed by atoms with Gasteiger partial charge in [-0.1, -0.05) is 31.4 Å². The number of rotatable bonds is 6. The Labute approximate surface area is 152 Å². The number of benzene rings is 1. The van der Waals surface area contributed by atoms with Gasteiger partial charge in [0.25, 0.3) is 0 Å². The summed E-state index contributed by atoms with van der Waals surface area (Å²) in [6, 6.07) is 8.02. The molecule has 138 valence electrons. The molecule has 0 spiro atoms. The molecule has 0 unspecified atom stereocenters. The summed E-state index contributed by atoms with van der Waals surface area (Å²) in [5, 5.41) is 0. The van der Waals surface area contributed by atoms with Gasteiger partial charge in [-0.2, -0.15) is 0 Å². The molecule has 4 nitrogen and oxygen atoms in total. The van der Waals surface area contributed by atoms with Crippen molar-refractivity contribution in [3.05, 3.63) is 29.8 Å². The number of methoxy groups -OCH3 is 1. The van der Waals surface area contributed by atoms with E-state index in [1.807, 2.05) is 18.2 Å². The van der Waals surface area contributed by atoms with Crippen LogP contribution in [-0.2, 0) is 11.2 Å². The average Bonchev–Trinajstić information content (AvgIpc) is 2.67. The highest BCUT2D eigenvalue weighted by Crippen LogP contribution is 2.24. The van der Waals surface area contributed by atoms with Gasteiger partial charge in [-0.3, -0.25) is 9.69 Å². The minimum absolute atomic E-state index is 0.292. The molecule has 1 saturated heterocycles. The fraction of sp³-hybridized carbons (Fsp3) is 0.667. The second-order valence-corrected chi connectivity index (χ2v) is 7.54. The van der Waals surface area contributed by atoms with Crippen molar-refractivity contribution in [1.82, 2.24) is 9.80 Å². The van der Waals surface area contributed by atoms with E-state index < -0.39 is 0 Å². The normalized spacial score (nSPS) is 19.8. The van der Waals surface area contributed by atoms with Crippen molar-refractivity contribution in [2.24, 2.45) is 5.92 Å². The SMILES string of the molecule is COc1cccc(CCC(=O)N2CCN(CC3CCCCC3)CC2)c1. The van der Waals surface area contributed by atoms with E-state index in [-0.39, 0.29) is 0 Å². The van der Waals surface area contributed by atoms with Crippen LogP contribution in [-0.4, -0.2) is 55.5 Å². The molecule has 25 heavy (non-hydrogen) atoms. The van der Waals surface area contributed by atoms with Gasteiger partial charge in [0, 0.05) is 39.1 Å². The monoisotopic (exact) mass is 344 g/mol. The molecule has 0 N–H and O–H groups in total. The van der Waals surface area contributed by atoms with E-state index >= 15 is 0 Å². The van der Waals surface area contributed by atoms with Crippen LogP contribution in [0, 0.1) is 5.92 Å². The highest BCUT2D eigenvalue weighted by molar-refractivity contribution is 5.76. The van der Waals surface area contributed by atoms with Crippen molar-refractivity contribution in [2.75, 3.05) is 39.8 Å². The van der Waals surface area contributed by atoms with Crippen molar-refractivity contribution in [3.63, 3.8) is 0 Å². The summed E-state index contributed by atoms with van der Waals surface area (Å²) >= 11 is 0. The predicted molar refractivity (Wildman–Crippen MR) is 101 cm³/mol. The molecule has 0 radical (unpaired) electrons. The maximum atomic E-state index is 12.5. The van der Waals surface area contributed by atoms with E-state index in [4.69, 9.17) is 4.74 Å². The van der Waals surface area contributed by atoms with Gasteiger partial charge in [0.05, 0.1) is 7.11 Å². The number of hydrogen-bond acceptors (Lipinski definition) is 3. The summed E-state index contributed by atoms with van der Waals surface area (Å²) in [7, 11) is 1.68. The van der Waals surface area contributed by atoms with Crippen molar-refractivity contribution in [3.8, 4) is 5.75 Å². The zero-order valence-electron chi connectivity index (χ0n) is 15.6. The number of hydrogen-bond donors (Lipinski definition) is 0. The number of carbonyl (C=O) groups is 1. The Balaban J connectivity index is 1.39. The van der Waals surface area contributed by atoms with Gasteiger partial charge < -0.3 is 9.64 Å². The van der Waals surface area contributed by atoms with Crippen molar-refractivity contribution in [2.45, 2.75) is 44.9 Å². The summed E-state index contributed by atoms with van der Waals surface area (Å²) in [4.78, 5) is 17.1. The molecule has 0 aromatic heterocycles. The Morgan fingerprint density at radius 3 is 2.60 bits per heavy atom. The molecule has 1 aromatic carbocycles. The molecule has 0 bridgehead atoms. The largest absolute Gasteiger partial charge is 0.497 e. The standard InChI is InChI=1S/C21H32N2O2/c1-25-20-9-5-8-18(16-20)10-11-21(24)23-14-12-22(13-15-23)17-19-6-3-2-4-7-19/h5,8-9,16,19H,2-4,6-7,10-15,17H2,1H3. The average molecular weight is 344 g/mol. The Hall–Kier alpha value is -1.55. The Bertz CT molecular complexity index is 547. The fourth-order valence-electron chi connectivity index (χ4n) is 4.15. The molecule has 2 fully saturated rings. The third-order valence-electron chi connectivity index (χ3n) is 5.73. The molecule has 1 saturated carbocycles. The minimum Gasteiger partial charge on any atom is -0.497 e. The van der Waals surface area contributed by atoms with Crippen LogP contribution >= 0.6 is 0 Å². The third kappa shape index (κ3) is 5.46. The smallest absolute Gasteiger partial charge is 0.222 e. The second-order valence-electron chi connectivity index (χ2n) is 7.54. The molecular weight excluding hydrogens is 312 g/mol. The molecule has 2 aliphatic rings. The van der Waals surface area contributed by atoms with Crippen LogP contribution in [0.5, 0.6) is 5.75 Å². The lowest BCUT2D eigenvalue weighted by molar-refractivity contribution is -0.133.